The molecule has 1 aromatic carbocycles. The second kappa shape index (κ2) is 5.59. The maximum absolute atomic E-state index is 10.9. The fourth-order valence-electron chi connectivity index (χ4n) is 0.932. The van der Waals surface area contributed by atoms with Crippen LogP contribution in [0.3, 0.4) is 0 Å². The molecule has 0 aliphatic rings. The highest BCUT2D eigenvalue weighted by Crippen LogP contribution is 2.25. The number of hydrogen-bond donors (Lipinski definition) is 1. The highest BCUT2D eigenvalue weighted by atomic mass is 17.2. The molecule has 0 radical (unpaired) electrons. The molecule has 0 amide bonds. The molecule has 0 bridgehead atoms. The van der Waals surface area contributed by atoms with Crippen molar-refractivity contribution in [3.63, 3.8) is 0 Å². The molecule has 6 nitrogen and oxygen atoms in total. The second-order valence-corrected chi connectivity index (χ2v) is 2.76. The van der Waals surface area contributed by atoms with Crippen molar-refractivity contribution in [2.24, 2.45) is 0 Å². The van der Waals surface area contributed by atoms with Crippen LogP contribution in [0.2, 0.25) is 0 Å². The smallest absolute Gasteiger partial charge is 0.366 e. The number of carboxylic acid groups (broad SMARTS) is 1. The van der Waals surface area contributed by atoms with Gasteiger partial charge in [-0.15, -0.1) is 0 Å². The van der Waals surface area contributed by atoms with Crippen molar-refractivity contribution in [3.8, 4) is 11.5 Å². The molecule has 16 heavy (non-hydrogen) atoms. The maximum atomic E-state index is 10.9. The zero-order valence-electron chi connectivity index (χ0n) is 8.50. The summed E-state index contributed by atoms with van der Waals surface area (Å²) in [6.45, 7) is 0. The lowest BCUT2D eigenvalue weighted by Crippen LogP contribution is -2.12. The van der Waals surface area contributed by atoms with Gasteiger partial charge in [-0.25, -0.2) is 9.68 Å². The van der Waals surface area contributed by atoms with Gasteiger partial charge in [0.2, 0.25) is 5.75 Å². The van der Waals surface area contributed by atoms with Crippen molar-refractivity contribution >= 4 is 11.9 Å². The molecule has 0 unspecified atom stereocenters. The van der Waals surface area contributed by atoms with E-state index in [9.17, 15) is 9.59 Å². The van der Waals surface area contributed by atoms with Gasteiger partial charge in [-0.2, -0.15) is 0 Å². The van der Waals surface area contributed by atoms with Crippen LogP contribution < -0.4 is 9.62 Å². The minimum atomic E-state index is -1.28. The van der Waals surface area contributed by atoms with E-state index in [1.54, 1.807) is 18.2 Å². The lowest BCUT2D eigenvalue weighted by molar-refractivity contribution is -0.214. The Bertz CT molecular complexity index is 387. The first kappa shape index (κ1) is 11.8. The van der Waals surface area contributed by atoms with Crippen molar-refractivity contribution in [2.75, 3.05) is 7.11 Å². The molecule has 1 rings (SSSR count). The van der Waals surface area contributed by atoms with E-state index < -0.39 is 18.4 Å². The van der Waals surface area contributed by atoms with Crippen LogP contribution in [-0.4, -0.2) is 24.2 Å². The van der Waals surface area contributed by atoms with Gasteiger partial charge in [0, 0.05) is 0 Å². The summed E-state index contributed by atoms with van der Waals surface area (Å²) >= 11 is 0. The van der Waals surface area contributed by atoms with Crippen LogP contribution in [-0.2, 0) is 14.5 Å². The Labute approximate surface area is 91.3 Å². The number of benzene rings is 1. The minimum Gasteiger partial charge on any atom is -0.493 e. The monoisotopic (exact) mass is 226 g/mol. The summed E-state index contributed by atoms with van der Waals surface area (Å²) in [6.07, 6.45) is -0.755. The Kier molecular flexibility index (Phi) is 4.14. The van der Waals surface area contributed by atoms with Crippen LogP contribution in [0.1, 0.15) is 6.42 Å². The quantitative estimate of drug-likeness (QED) is 0.458. The molecule has 0 saturated heterocycles. The summed E-state index contributed by atoms with van der Waals surface area (Å²) in [4.78, 5) is 30.0. The number of carbonyl (C=O) groups is 2. The van der Waals surface area contributed by atoms with Gasteiger partial charge in [0.05, 0.1) is 7.11 Å². The Balaban J connectivity index is 2.54. The SMILES string of the molecule is COc1ccccc1OOC(=O)CC(=O)O. The summed E-state index contributed by atoms with van der Waals surface area (Å²) in [6, 6.07) is 6.50. The highest BCUT2D eigenvalue weighted by molar-refractivity contribution is 5.89. The van der Waals surface area contributed by atoms with Gasteiger partial charge in [-0.05, 0) is 12.1 Å². The Morgan fingerprint density at radius 2 is 1.88 bits per heavy atom. The number of carbonyl (C=O) groups excluding carboxylic acids is 1. The Morgan fingerprint density at radius 1 is 1.25 bits per heavy atom. The van der Waals surface area contributed by atoms with Gasteiger partial charge in [0.25, 0.3) is 0 Å². The number of para-hydroxylation sites is 2. The molecule has 0 aromatic heterocycles. The van der Waals surface area contributed by atoms with Gasteiger partial charge < -0.3 is 9.84 Å². The van der Waals surface area contributed by atoms with Gasteiger partial charge in [0.15, 0.2) is 5.75 Å². The van der Waals surface area contributed by atoms with Crippen LogP contribution in [0, 0.1) is 0 Å². The lowest BCUT2D eigenvalue weighted by atomic mass is 10.3. The van der Waals surface area contributed by atoms with Crippen LogP contribution in [0.5, 0.6) is 11.5 Å². The minimum absolute atomic E-state index is 0.198. The molecule has 0 saturated carbocycles. The second-order valence-electron chi connectivity index (χ2n) is 2.76. The van der Waals surface area contributed by atoms with Crippen LogP contribution in [0.25, 0.3) is 0 Å². The predicted molar refractivity (Wildman–Crippen MR) is 52.0 cm³/mol. The summed E-state index contributed by atoms with van der Waals surface area (Å²) in [5, 5.41) is 8.30. The van der Waals surface area contributed by atoms with Gasteiger partial charge in [-0.3, -0.25) is 9.68 Å². The van der Waals surface area contributed by atoms with E-state index in [4.69, 9.17) is 9.84 Å². The topological polar surface area (TPSA) is 82.1 Å². The molecule has 1 aromatic rings. The molecular weight excluding hydrogens is 216 g/mol. The van der Waals surface area contributed by atoms with E-state index in [0.29, 0.717) is 5.75 Å². The number of rotatable bonds is 5. The third kappa shape index (κ3) is 3.49. The van der Waals surface area contributed by atoms with Crippen molar-refractivity contribution in [2.45, 2.75) is 6.42 Å². The average molecular weight is 226 g/mol. The molecule has 0 fully saturated rings. The highest BCUT2D eigenvalue weighted by Gasteiger charge is 2.12. The summed E-state index contributed by atoms with van der Waals surface area (Å²) in [5.74, 6) is -1.69. The first-order chi connectivity index (χ1) is 7.63. The number of hydrogen-bond acceptors (Lipinski definition) is 5. The maximum Gasteiger partial charge on any atom is 0.366 e. The van der Waals surface area contributed by atoms with E-state index in [0.717, 1.165) is 0 Å². The number of aliphatic carboxylic acids is 1. The molecular formula is C10H10O6. The van der Waals surface area contributed by atoms with E-state index in [2.05, 4.69) is 9.78 Å². The number of carboxylic acids is 1. The Hall–Kier alpha value is -2.24. The van der Waals surface area contributed by atoms with Crippen LogP contribution in [0.15, 0.2) is 24.3 Å². The summed E-state index contributed by atoms with van der Waals surface area (Å²) in [7, 11) is 1.43. The zero-order valence-corrected chi connectivity index (χ0v) is 8.50. The fourth-order valence-corrected chi connectivity index (χ4v) is 0.932. The van der Waals surface area contributed by atoms with E-state index in [1.165, 1.54) is 13.2 Å². The summed E-state index contributed by atoms with van der Waals surface area (Å²) < 4.78 is 4.93. The molecule has 0 spiro atoms. The molecule has 6 heteroatoms. The van der Waals surface area contributed by atoms with Crippen molar-refractivity contribution < 1.29 is 29.2 Å². The number of methoxy groups -OCH3 is 1. The van der Waals surface area contributed by atoms with E-state index >= 15 is 0 Å². The zero-order chi connectivity index (χ0) is 12.0. The van der Waals surface area contributed by atoms with Gasteiger partial charge in [-0.1, -0.05) is 12.1 Å². The molecule has 1 N–H and O–H groups in total. The first-order valence-electron chi connectivity index (χ1n) is 4.35. The third-order valence-electron chi connectivity index (χ3n) is 1.59. The van der Waals surface area contributed by atoms with Crippen molar-refractivity contribution in [1.29, 1.82) is 0 Å². The largest absolute Gasteiger partial charge is 0.493 e. The van der Waals surface area contributed by atoms with Crippen LogP contribution in [0.4, 0.5) is 0 Å². The van der Waals surface area contributed by atoms with Gasteiger partial charge >= 0.3 is 11.9 Å². The average Bonchev–Trinajstić information content (AvgIpc) is 2.26. The molecule has 0 aliphatic carbocycles. The normalized spacial score (nSPS) is 9.31. The predicted octanol–water partition coefficient (Wildman–Crippen LogP) is 1.01. The Morgan fingerprint density at radius 3 is 2.44 bits per heavy atom. The van der Waals surface area contributed by atoms with Crippen molar-refractivity contribution in [3.05, 3.63) is 24.3 Å². The number of ether oxygens (including phenoxy) is 1. The van der Waals surface area contributed by atoms with E-state index in [1.807, 2.05) is 0 Å². The molecule has 86 valence electrons. The van der Waals surface area contributed by atoms with E-state index in [-0.39, 0.29) is 5.75 Å². The molecule has 0 heterocycles. The summed E-state index contributed by atoms with van der Waals surface area (Å²) in [5.41, 5.74) is 0. The molecule has 0 atom stereocenters. The fraction of sp³-hybridized carbons (Fsp3) is 0.200. The standard InChI is InChI=1S/C10H10O6/c1-14-7-4-2-3-5-8(7)15-16-10(13)6-9(11)12/h2-5H,6H2,1H3,(H,11,12). The molecule has 0 aliphatic heterocycles. The van der Waals surface area contributed by atoms with Crippen LogP contribution >= 0.6 is 0 Å². The lowest BCUT2D eigenvalue weighted by Gasteiger charge is -2.07. The first-order valence-corrected chi connectivity index (χ1v) is 4.35. The third-order valence-corrected chi connectivity index (χ3v) is 1.59. The van der Waals surface area contributed by atoms with Crippen molar-refractivity contribution in [1.82, 2.24) is 0 Å². The van der Waals surface area contributed by atoms with Gasteiger partial charge in [0.1, 0.15) is 6.42 Å².